The summed E-state index contributed by atoms with van der Waals surface area (Å²) < 4.78 is 10.8. The van der Waals surface area contributed by atoms with Crippen LogP contribution in [0.5, 0.6) is 0 Å². The van der Waals surface area contributed by atoms with Gasteiger partial charge in [-0.3, -0.25) is 5.10 Å². The van der Waals surface area contributed by atoms with Crippen molar-refractivity contribution in [3.63, 3.8) is 0 Å². The Labute approximate surface area is 137 Å². The first-order chi connectivity index (χ1) is 11.8. The number of rotatable bonds is 4. The molecule has 4 rings (SSSR count). The van der Waals surface area contributed by atoms with Crippen molar-refractivity contribution >= 4 is 17.1 Å². The number of hydrogen-bond acceptors (Lipinski definition) is 5. The van der Waals surface area contributed by atoms with Gasteiger partial charge in [-0.05, 0) is 12.1 Å². The molecule has 2 aromatic heterocycles. The van der Waals surface area contributed by atoms with Crippen LogP contribution in [0.1, 0.15) is 16.2 Å². The number of fused-ring (bicyclic) bond motifs is 1. The lowest BCUT2D eigenvalue weighted by Gasteiger charge is -2.03. The Morgan fingerprint density at radius 1 is 1.08 bits per heavy atom. The molecular formula is C18H13N3O3. The van der Waals surface area contributed by atoms with Gasteiger partial charge in [-0.2, -0.15) is 5.10 Å². The summed E-state index contributed by atoms with van der Waals surface area (Å²) in [7, 11) is 0. The van der Waals surface area contributed by atoms with E-state index in [1.165, 1.54) is 6.20 Å². The van der Waals surface area contributed by atoms with Gasteiger partial charge < -0.3 is 9.15 Å². The minimum atomic E-state index is -0.482. The van der Waals surface area contributed by atoms with E-state index in [0.717, 1.165) is 11.1 Å². The highest BCUT2D eigenvalue weighted by Crippen LogP contribution is 2.22. The van der Waals surface area contributed by atoms with Gasteiger partial charge in [0, 0.05) is 5.56 Å². The summed E-state index contributed by atoms with van der Waals surface area (Å²) >= 11 is 0. The Morgan fingerprint density at radius 3 is 2.71 bits per heavy atom. The highest BCUT2D eigenvalue weighted by atomic mass is 16.5. The summed E-state index contributed by atoms with van der Waals surface area (Å²) in [5.74, 6) is -0.126. The fourth-order valence-electron chi connectivity index (χ4n) is 2.45. The van der Waals surface area contributed by atoms with Crippen LogP contribution in [-0.4, -0.2) is 21.2 Å². The van der Waals surface area contributed by atoms with Crippen LogP contribution in [0.15, 0.2) is 65.2 Å². The Kier molecular flexibility index (Phi) is 3.55. The number of aromatic amines is 1. The minimum absolute atomic E-state index is 0.0348. The predicted molar refractivity (Wildman–Crippen MR) is 87.2 cm³/mol. The second-order valence-electron chi connectivity index (χ2n) is 5.18. The number of H-pyrrole nitrogens is 1. The van der Waals surface area contributed by atoms with Gasteiger partial charge in [-0.25, -0.2) is 9.78 Å². The van der Waals surface area contributed by atoms with Crippen molar-refractivity contribution < 1.29 is 13.9 Å². The Hall–Kier alpha value is -3.41. The maximum atomic E-state index is 12.3. The van der Waals surface area contributed by atoms with Crippen LogP contribution in [0.3, 0.4) is 0 Å². The standard InChI is InChI=1S/C18H13N3O3/c22-18(13-10-19-21-17(13)12-6-2-1-3-7-12)23-11-16-20-14-8-4-5-9-15(14)24-16/h1-10H,11H2,(H,19,21). The monoisotopic (exact) mass is 319 g/mol. The molecule has 1 N–H and O–H groups in total. The molecule has 0 aliphatic heterocycles. The van der Waals surface area contributed by atoms with Gasteiger partial charge in [0.1, 0.15) is 11.1 Å². The quantitative estimate of drug-likeness (QED) is 0.582. The number of carbonyl (C=O) groups is 1. The number of oxazole rings is 1. The van der Waals surface area contributed by atoms with E-state index in [-0.39, 0.29) is 6.61 Å². The topological polar surface area (TPSA) is 81.0 Å². The van der Waals surface area contributed by atoms with E-state index in [1.54, 1.807) is 0 Å². The number of esters is 1. The second-order valence-corrected chi connectivity index (χ2v) is 5.18. The predicted octanol–water partition coefficient (Wildman–Crippen LogP) is 3.57. The van der Waals surface area contributed by atoms with Crippen LogP contribution in [0, 0.1) is 0 Å². The van der Waals surface area contributed by atoms with Crippen molar-refractivity contribution in [2.75, 3.05) is 0 Å². The molecule has 6 nitrogen and oxygen atoms in total. The number of hydrogen-bond donors (Lipinski definition) is 1. The van der Waals surface area contributed by atoms with Gasteiger partial charge in [0.2, 0.25) is 5.89 Å². The highest BCUT2D eigenvalue weighted by Gasteiger charge is 2.17. The summed E-state index contributed by atoms with van der Waals surface area (Å²) in [6.45, 7) is -0.0348. The number of nitrogens with one attached hydrogen (secondary N) is 1. The average molecular weight is 319 g/mol. The molecule has 4 aromatic rings. The maximum absolute atomic E-state index is 12.3. The minimum Gasteiger partial charge on any atom is -0.452 e. The van der Waals surface area contributed by atoms with E-state index in [4.69, 9.17) is 9.15 Å². The SMILES string of the molecule is O=C(OCc1nc2ccccc2o1)c1cn[nH]c1-c1ccccc1. The molecule has 6 heteroatoms. The summed E-state index contributed by atoms with van der Waals surface area (Å²) in [5, 5.41) is 6.78. The van der Waals surface area contributed by atoms with Crippen LogP contribution < -0.4 is 0 Å². The van der Waals surface area contributed by atoms with Crippen LogP contribution in [0.2, 0.25) is 0 Å². The van der Waals surface area contributed by atoms with Gasteiger partial charge in [-0.15, -0.1) is 0 Å². The van der Waals surface area contributed by atoms with Crippen molar-refractivity contribution in [3.05, 3.63) is 72.2 Å². The third-order valence-electron chi connectivity index (χ3n) is 3.59. The third-order valence-corrected chi connectivity index (χ3v) is 3.59. The van der Waals surface area contributed by atoms with Gasteiger partial charge >= 0.3 is 5.97 Å². The highest BCUT2D eigenvalue weighted by molar-refractivity contribution is 5.95. The van der Waals surface area contributed by atoms with Crippen LogP contribution in [0.25, 0.3) is 22.4 Å². The van der Waals surface area contributed by atoms with Gasteiger partial charge in [-0.1, -0.05) is 42.5 Å². The van der Waals surface area contributed by atoms with Crippen LogP contribution >= 0.6 is 0 Å². The van der Waals surface area contributed by atoms with E-state index in [9.17, 15) is 4.79 Å². The third kappa shape index (κ3) is 2.65. The first-order valence-electron chi connectivity index (χ1n) is 7.41. The molecule has 0 bridgehead atoms. The van der Waals surface area contributed by atoms with Gasteiger partial charge in [0.25, 0.3) is 0 Å². The molecule has 0 amide bonds. The number of carbonyl (C=O) groups excluding carboxylic acids is 1. The smallest absolute Gasteiger partial charge is 0.342 e. The largest absolute Gasteiger partial charge is 0.452 e. The van der Waals surface area contributed by atoms with Gasteiger partial charge in [0.05, 0.1) is 11.9 Å². The lowest BCUT2D eigenvalue weighted by atomic mass is 10.1. The fourth-order valence-corrected chi connectivity index (χ4v) is 2.45. The number of para-hydroxylation sites is 2. The molecule has 0 atom stereocenters. The molecule has 0 unspecified atom stereocenters. The first kappa shape index (κ1) is 14.2. The molecule has 0 aliphatic rings. The first-order valence-corrected chi connectivity index (χ1v) is 7.41. The Balaban J connectivity index is 1.52. The van der Waals surface area contributed by atoms with Crippen molar-refractivity contribution in [1.29, 1.82) is 0 Å². The van der Waals surface area contributed by atoms with Crippen molar-refractivity contribution in [3.8, 4) is 11.3 Å². The molecule has 0 saturated carbocycles. The molecule has 0 radical (unpaired) electrons. The van der Waals surface area contributed by atoms with Gasteiger partial charge in [0.15, 0.2) is 12.2 Å². The molecule has 118 valence electrons. The van der Waals surface area contributed by atoms with Crippen molar-refractivity contribution in [1.82, 2.24) is 15.2 Å². The number of ether oxygens (including phenoxy) is 1. The summed E-state index contributed by atoms with van der Waals surface area (Å²) in [6, 6.07) is 16.9. The summed E-state index contributed by atoms with van der Waals surface area (Å²) in [5.41, 5.74) is 3.26. The number of benzene rings is 2. The zero-order valence-electron chi connectivity index (χ0n) is 12.6. The molecule has 0 aliphatic carbocycles. The summed E-state index contributed by atoms with van der Waals surface area (Å²) in [6.07, 6.45) is 1.46. The van der Waals surface area contributed by atoms with E-state index in [1.807, 2.05) is 54.6 Å². The van der Waals surface area contributed by atoms with Crippen LogP contribution in [-0.2, 0) is 11.3 Å². The van der Waals surface area contributed by atoms with Crippen molar-refractivity contribution in [2.45, 2.75) is 6.61 Å². The average Bonchev–Trinajstić information content (AvgIpc) is 3.27. The Bertz CT molecular complexity index is 956. The molecule has 24 heavy (non-hydrogen) atoms. The van der Waals surface area contributed by atoms with E-state index >= 15 is 0 Å². The lowest BCUT2D eigenvalue weighted by Crippen LogP contribution is -2.06. The lowest BCUT2D eigenvalue weighted by molar-refractivity contribution is 0.0441. The number of aromatic nitrogens is 3. The molecule has 0 saturated heterocycles. The second kappa shape index (κ2) is 6.00. The number of nitrogens with zero attached hydrogens (tertiary/aromatic N) is 2. The zero-order chi connectivity index (χ0) is 16.4. The molecule has 0 fully saturated rings. The molecule has 2 heterocycles. The van der Waals surface area contributed by atoms with Crippen molar-refractivity contribution in [2.24, 2.45) is 0 Å². The molecular weight excluding hydrogens is 306 g/mol. The fraction of sp³-hybridized carbons (Fsp3) is 0.0556. The van der Waals surface area contributed by atoms with E-state index in [2.05, 4.69) is 15.2 Å². The van der Waals surface area contributed by atoms with E-state index < -0.39 is 5.97 Å². The molecule has 2 aromatic carbocycles. The van der Waals surface area contributed by atoms with E-state index in [0.29, 0.717) is 22.7 Å². The Morgan fingerprint density at radius 2 is 1.88 bits per heavy atom. The molecule has 0 spiro atoms. The van der Waals surface area contributed by atoms with Crippen LogP contribution in [0.4, 0.5) is 0 Å². The zero-order valence-corrected chi connectivity index (χ0v) is 12.6. The maximum Gasteiger partial charge on any atom is 0.342 e. The summed E-state index contributed by atoms with van der Waals surface area (Å²) in [4.78, 5) is 16.6. The normalized spacial score (nSPS) is 10.8.